The van der Waals surface area contributed by atoms with E-state index in [0.717, 1.165) is 6.42 Å². The number of ether oxygens (including phenoxy) is 1. The van der Waals surface area contributed by atoms with Gasteiger partial charge in [-0.25, -0.2) is 0 Å². The molecule has 1 rings (SSSR count). The highest BCUT2D eigenvalue weighted by atomic mass is 16.5. The molecule has 1 aromatic carbocycles. The van der Waals surface area contributed by atoms with Gasteiger partial charge in [0.05, 0.1) is 12.7 Å². The van der Waals surface area contributed by atoms with E-state index >= 15 is 0 Å². The Morgan fingerprint density at radius 3 is 2.62 bits per heavy atom. The molecule has 0 unspecified atom stereocenters. The first-order valence-electron chi connectivity index (χ1n) is 4.65. The zero-order valence-corrected chi connectivity index (χ0v) is 8.07. The van der Waals surface area contributed by atoms with Gasteiger partial charge in [0.25, 0.3) is 0 Å². The van der Waals surface area contributed by atoms with E-state index in [4.69, 9.17) is 4.74 Å². The van der Waals surface area contributed by atoms with Crippen LogP contribution in [-0.4, -0.2) is 6.10 Å². The van der Waals surface area contributed by atoms with Crippen molar-refractivity contribution in [3.63, 3.8) is 0 Å². The maximum atomic E-state index is 5.61. The molecular weight excluding hydrogens is 160 g/mol. The minimum absolute atomic E-state index is 0.181. The lowest BCUT2D eigenvalue weighted by atomic mass is 10.2. The summed E-state index contributed by atoms with van der Waals surface area (Å²) >= 11 is 0. The molecule has 0 saturated carbocycles. The number of rotatable bonds is 5. The van der Waals surface area contributed by atoms with E-state index < -0.39 is 0 Å². The Morgan fingerprint density at radius 2 is 2.08 bits per heavy atom. The maximum Gasteiger partial charge on any atom is 0.0755 e. The van der Waals surface area contributed by atoms with Gasteiger partial charge in [-0.2, -0.15) is 0 Å². The molecule has 0 spiro atoms. The quantitative estimate of drug-likeness (QED) is 0.626. The van der Waals surface area contributed by atoms with E-state index in [1.54, 1.807) is 0 Å². The van der Waals surface area contributed by atoms with Crippen molar-refractivity contribution < 1.29 is 4.74 Å². The monoisotopic (exact) mass is 176 g/mol. The Labute approximate surface area is 80.0 Å². The Bertz CT molecular complexity index is 241. The molecule has 0 aliphatic rings. The molecule has 0 radical (unpaired) electrons. The third kappa shape index (κ3) is 3.43. The van der Waals surface area contributed by atoms with Crippen LogP contribution in [0.2, 0.25) is 0 Å². The van der Waals surface area contributed by atoms with Crippen molar-refractivity contribution in [1.29, 1.82) is 0 Å². The minimum Gasteiger partial charge on any atom is -0.370 e. The minimum atomic E-state index is 0.181. The third-order valence-corrected chi connectivity index (χ3v) is 1.97. The topological polar surface area (TPSA) is 9.23 Å². The summed E-state index contributed by atoms with van der Waals surface area (Å²) in [5.74, 6) is 0. The SMILES string of the molecule is C=C[C@@H](CC)OCc1ccccc1. The summed E-state index contributed by atoms with van der Waals surface area (Å²) in [6.45, 7) is 6.49. The lowest BCUT2D eigenvalue weighted by molar-refractivity contribution is 0.0699. The third-order valence-electron chi connectivity index (χ3n) is 1.97. The molecule has 1 nitrogen and oxygen atoms in total. The highest BCUT2D eigenvalue weighted by Gasteiger charge is 2.00. The number of hydrogen-bond acceptors (Lipinski definition) is 1. The predicted molar refractivity (Wildman–Crippen MR) is 55.5 cm³/mol. The van der Waals surface area contributed by atoms with Crippen LogP contribution in [0.4, 0.5) is 0 Å². The maximum absolute atomic E-state index is 5.61. The smallest absolute Gasteiger partial charge is 0.0755 e. The van der Waals surface area contributed by atoms with Crippen LogP contribution in [-0.2, 0) is 11.3 Å². The van der Waals surface area contributed by atoms with Gasteiger partial charge in [-0.05, 0) is 12.0 Å². The van der Waals surface area contributed by atoms with E-state index in [9.17, 15) is 0 Å². The van der Waals surface area contributed by atoms with Gasteiger partial charge in [-0.1, -0.05) is 43.3 Å². The molecule has 0 aromatic heterocycles. The van der Waals surface area contributed by atoms with Crippen molar-refractivity contribution in [2.75, 3.05) is 0 Å². The van der Waals surface area contributed by atoms with Crippen LogP contribution in [0.15, 0.2) is 43.0 Å². The molecule has 0 fully saturated rings. The fourth-order valence-corrected chi connectivity index (χ4v) is 1.13. The van der Waals surface area contributed by atoms with Crippen molar-refractivity contribution in [2.45, 2.75) is 26.1 Å². The van der Waals surface area contributed by atoms with Crippen molar-refractivity contribution >= 4 is 0 Å². The number of hydrogen-bond donors (Lipinski definition) is 0. The molecule has 70 valence electrons. The van der Waals surface area contributed by atoms with E-state index in [1.165, 1.54) is 5.56 Å². The fourth-order valence-electron chi connectivity index (χ4n) is 1.13. The summed E-state index contributed by atoms with van der Waals surface area (Å²) in [5, 5.41) is 0. The first kappa shape index (κ1) is 10.0. The summed E-state index contributed by atoms with van der Waals surface area (Å²) < 4.78 is 5.61. The van der Waals surface area contributed by atoms with Crippen molar-refractivity contribution in [3.8, 4) is 0 Å². The molecule has 0 N–H and O–H groups in total. The molecule has 0 aliphatic carbocycles. The molecule has 0 bridgehead atoms. The van der Waals surface area contributed by atoms with Gasteiger partial charge in [0, 0.05) is 0 Å². The van der Waals surface area contributed by atoms with Gasteiger partial charge in [0.15, 0.2) is 0 Å². The van der Waals surface area contributed by atoms with Crippen LogP contribution >= 0.6 is 0 Å². The van der Waals surface area contributed by atoms with Gasteiger partial charge in [-0.3, -0.25) is 0 Å². The largest absolute Gasteiger partial charge is 0.370 e. The summed E-state index contributed by atoms with van der Waals surface area (Å²) in [6.07, 6.45) is 3.01. The van der Waals surface area contributed by atoms with Crippen molar-refractivity contribution in [2.24, 2.45) is 0 Å². The Morgan fingerprint density at radius 1 is 1.38 bits per heavy atom. The van der Waals surface area contributed by atoms with Gasteiger partial charge >= 0.3 is 0 Å². The van der Waals surface area contributed by atoms with Crippen LogP contribution in [0.5, 0.6) is 0 Å². The van der Waals surface area contributed by atoms with Crippen LogP contribution in [0.1, 0.15) is 18.9 Å². The van der Waals surface area contributed by atoms with Crippen LogP contribution in [0.3, 0.4) is 0 Å². The van der Waals surface area contributed by atoms with Crippen LogP contribution in [0.25, 0.3) is 0 Å². The molecule has 1 heteroatoms. The molecule has 0 saturated heterocycles. The standard InChI is InChI=1S/C12H16O/c1-3-12(4-2)13-10-11-8-6-5-7-9-11/h3,5-9,12H,1,4,10H2,2H3/t12-/m0/s1. The second-order valence-corrected chi connectivity index (χ2v) is 2.98. The Hall–Kier alpha value is -1.08. The molecule has 0 aliphatic heterocycles. The highest BCUT2D eigenvalue weighted by molar-refractivity contribution is 5.13. The van der Waals surface area contributed by atoms with Gasteiger partial charge in [0.1, 0.15) is 0 Å². The van der Waals surface area contributed by atoms with Crippen LogP contribution < -0.4 is 0 Å². The summed E-state index contributed by atoms with van der Waals surface area (Å²) in [5.41, 5.74) is 1.21. The summed E-state index contributed by atoms with van der Waals surface area (Å²) in [6, 6.07) is 10.2. The van der Waals surface area contributed by atoms with E-state index in [1.807, 2.05) is 24.3 Å². The summed E-state index contributed by atoms with van der Waals surface area (Å²) in [7, 11) is 0. The normalized spacial score (nSPS) is 12.4. The second-order valence-electron chi connectivity index (χ2n) is 2.98. The van der Waals surface area contributed by atoms with E-state index in [2.05, 4.69) is 25.6 Å². The van der Waals surface area contributed by atoms with Gasteiger partial charge in [-0.15, -0.1) is 6.58 Å². The molecule has 1 aromatic rings. The van der Waals surface area contributed by atoms with Gasteiger partial charge in [0.2, 0.25) is 0 Å². The van der Waals surface area contributed by atoms with Gasteiger partial charge < -0.3 is 4.74 Å². The van der Waals surface area contributed by atoms with E-state index in [0.29, 0.717) is 6.61 Å². The van der Waals surface area contributed by atoms with Crippen molar-refractivity contribution in [1.82, 2.24) is 0 Å². The average Bonchev–Trinajstić information content (AvgIpc) is 2.21. The lowest BCUT2D eigenvalue weighted by Gasteiger charge is -2.10. The predicted octanol–water partition coefficient (Wildman–Crippen LogP) is 3.17. The van der Waals surface area contributed by atoms with E-state index in [-0.39, 0.29) is 6.10 Å². The summed E-state index contributed by atoms with van der Waals surface area (Å²) in [4.78, 5) is 0. The molecule has 13 heavy (non-hydrogen) atoms. The number of benzene rings is 1. The zero-order chi connectivity index (χ0) is 9.52. The van der Waals surface area contributed by atoms with Crippen molar-refractivity contribution in [3.05, 3.63) is 48.6 Å². The zero-order valence-electron chi connectivity index (χ0n) is 8.07. The fraction of sp³-hybridized carbons (Fsp3) is 0.333. The second kappa shape index (κ2) is 5.55. The molecule has 1 atom stereocenters. The Kier molecular flexibility index (Phi) is 4.27. The Balaban J connectivity index is 2.38. The molecule has 0 amide bonds. The average molecular weight is 176 g/mol. The lowest BCUT2D eigenvalue weighted by Crippen LogP contribution is -2.07. The molecule has 0 heterocycles. The first-order valence-corrected chi connectivity index (χ1v) is 4.65. The first-order chi connectivity index (χ1) is 6.36. The van der Waals surface area contributed by atoms with Crippen LogP contribution in [0, 0.1) is 0 Å². The molecular formula is C12H16O. The highest BCUT2D eigenvalue weighted by Crippen LogP contribution is 2.05.